The first-order chi connectivity index (χ1) is 16.1. The molecule has 1 aliphatic carbocycles. The SMILES string of the molecule is COc1cc(N2C(=O)C3(CCC3)N(c3ccc(CC4CCNCC4)cc3)C2=S)cnc1C#N. The van der Waals surface area contributed by atoms with Crippen molar-refractivity contribution in [1.82, 2.24) is 10.3 Å². The minimum absolute atomic E-state index is 0.0360. The number of ether oxygens (including phenoxy) is 1. The quantitative estimate of drug-likeness (QED) is 0.682. The first-order valence-electron chi connectivity index (χ1n) is 11.5. The third kappa shape index (κ3) is 3.65. The maximum Gasteiger partial charge on any atom is 0.259 e. The molecule has 1 aromatic heterocycles. The van der Waals surface area contributed by atoms with Crippen LogP contribution in [0.3, 0.4) is 0 Å². The molecule has 7 nitrogen and oxygen atoms in total. The van der Waals surface area contributed by atoms with Crippen molar-refractivity contribution in [3.05, 3.63) is 47.8 Å². The zero-order chi connectivity index (χ0) is 23.0. The highest BCUT2D eigenvalue weighted by Gasteiger charge is 2.59. The van der Waals surface area contributed by atoms with Crippen molar-refractivity contribution >= 4 is 34.6 Å². The van der Waals surface area contributed by atoms with Crippen molar-refractivity contribution in [2.24, 2.45) is 5.92 Å². The summed E-state index contributed by atoms with van der Waals surface area (Å²) in [5.74, 6) is 1.01. The Bertz CT molecular complexity index is 1120. The number of carbonyl (C=O) groups is 1. The Balaban J connectivity index is 1.44. The second kappa shape index (κ2) is 8.73. The van der Waals surface area contributed by atoms with Gasteiger partial charge in [-0.15, -0.1) is 0 Å². The summed E-state index contributed by atoms with van der Waals surface area (Å²) >= 11 is 5.85. The van der Waals surface area contributed by atoms with Crippen LogP contribution in [0.15, 0.2) is 36.5 Å². The van der Waals surface area contributed by atoms with Crippen LogP contribution in [0.4, 0.5) is 11.4 Å². The second-order valence-corrected chi connectivity index (χ2v) is 9.43. The zero-order valence-corrected chi connectivity index (χ0v) is 19.5. The number of rotatable bonds is 5. The molecule has 2 aromatic rings. The highest BCUT2D eigenvalue weighted by molar-refractivity contribution is 7.81. The van der Waals surface area contributed by atoms with E-state index in [1.807, 2.05) is 11.0 Å². The van der Waals surface area contributed by atoms with Crippen LogP contribution in [0.25, 0.3) is 0 Å². The monoisotopic (exact) mass is 461 g/mol. The predicted molar refractivity (Wildman–Crippen MR) is 130 cm³/mol. The topological polar surface area (TPSA) is 81.5 Å². The van der Waals surface area contributed by atoms with Gasteiger partial charge in [-0.25, -0.2) is 4.98 Å². The molecule has 0 radical (unpaired) electrons. The van der Waals surface area contributed by atoms with Crippen molar-refractivity contribution in [2.75, 3.05) is 30.0 Å². The molecule has 0 bridgehead atoms. The van der Waals surface area contributed by atoms with Crippen molar-refractivity contribution in [1.29, 1.82) is 5.26 Å². The molecule has 2 aliphatic heterocycles. The average Bonchev–Trinajstić information content (AvgIpc) is 3.06. The van der Waals surface area contributed by atoms with Crippen molar-refractivity contribution in [3.63, 3.8) is 0 Å². The molecule has 1 N–H and O–H groups in total. The van der Waals surface area contributed by atoms with Gasteiger partial charge < -0.3 is 15.0 Å². The number of anilines is 2. The van der Waals surface area contributed by atoms with Crippen molar-refractivity contribution < 1.29 is 9.53 Å². The number of benzene rings is 1. The number of hydrogen-bond donors (Lipinski definition) is 1. The Morgan fingerprint density at radius 2 is 1.97 bits per heavy atom. The Labute approximate surface area is 199 Å². The zero-order valence-electron chi connectivity index (χ0n) is 18.7. The molecular weight excluding hydrogens is 434 g/mol. The van der Waals surface area contributed by atoms with Crippen molar-refractivity contribution in [2.45, 2.75) is 44.1 Å². The first kappa shape index (κ1) is 21.8. The molecule has 1 spiro atoms. The molecule has 3 heterocycles. The standard InChI is InChI=1S/C25H27N5O2S/c1-32-22-14-20(16-28-21(22)15-26)29-23(31)25(9-2-10-25)30(24(29)33)19-5-3-17(4-6-19)13-18-7-11-27-12-8-18/h3-6,14,16,18,27H,2,7-13H2,1H3. The van der Waals surface area contributed by atoms with E-state index in [1.54, 1.807) is 11.0 Å². The number of carbonyl (C=O) groups excluding carboxylic acids is 1. The van der Waals surface area contributed by atoms with Gasteiger partial charge in [-0.3, -0.25) is 9.69 Å². The number of nitriles is 1. The molecule has 1 aromatic carbocycles. The van der Waals surface area contributed by atoms with E-state index in [4.69, 9.17) is 17.0 Å². The van der Waals surface area contributed by atoms with Crippen LogP contribution < -0.4 is 19.9 Å². The fourth-order valence-electron chi connectivity index (χ4n) is 5.20. The summed E-state index contributed by atoms with van der Waals surface area (Å²) in [5, 5.41) is 13.1. The van der Waals surface area contributed by atoms with Gasteiger partial charge in [-0.05, 0) is 87.4 Å². The molecule has 170 valence electrons. The van der Waals surface area contributed by atoms with Gasteiger partial charge in [0.05, 0.1) is 19.0 Å². The normalized spacial score (nSPS) is 20.1. The van der Waals surface area contributed by atoms with Crippen LogP contribution in [0.1, 0.15) is 43.4 Å². The number of piperidine rings is 1. The van der Waals surface area contributed by atoms with E-state index in [9.17, 15) is 10.1 Å². The number of hydrogen-bond acceptors (Lipinski definition) is 6. The molecule has 2 saturated heterocycles. The molecular formula is C25H27N5O2S. The lowest BCUT2D eigenvalue weighted by Gasteiger charge is -2.43. The second-order valence-electron chi connectivity index (χ2n) is 9.06. The minimum Gasteiger partial charge on any atom is -0.494 e. The lowest BCUT2D eigenvalue weighted by molar-refractivity contribution is -0.123. The third-order valence-electron chi connectivity index (χ3n) is 7.19. The molecule has 8 heteroatoms. The van der Waals surface area contributed by atoms with E-state index >= 15 is 0 Å². The smallest absolute Gasteiger partial charge is 0.259 e. The van der Waals surface area contributed by atoms with Gasteiger partial charge >= 0.3 is 0 Å². The molecule has 33 heavy (non-hydrogen) atoms. The Hall–Kier alpha value is -3.02. The van der Waals surface area contributed by atoms with Gasteiger partial charge in [0.25, 0.3) is 5.91 Å². The number of amides is 1. The first-order valence-corrected chi connectivity index (χ1v) is 11.9. The molecule has 3 aliphatic rings. The highest BCUT2D eigenvalue weighted by Crippen LogP contribution is 2.48. The molecule has 0 unspecified atom stereocenters. The summed E-state index contributed by atoms with van der Waals surface area (Å²) in [6.45, 7) is 2.19. The van der Waals surface area contributed by atoms with Crippen LogP contribution in [0.2, 0.25) is 0 Å². The molecule has 1 saturated carbocycles. The summed E-state index contributed by atoms with van der Waals surface area (Å²) in [5.41, 5.74) is 2.32. The number of thiocarbonyl (C=S) groups is 1. The fraction of sp³-hybridized carbons (Fsp3) is 0.440. The number of pyridine rings is 1. The maximum atomic E-state index is 13.6. The average molecular weight is 462 g/mol. The lowest BCUT2D eigenvalue weighted by atomic mass is 9.75. The van der Waals surface area contributed by atoms with E-state index in [-0.39, 0.29) is 11.6 Å². The van der Waals surface area contributed by atoms with Crippen LogP contribution >= 0.6 is 12.2 Å². The third-order valence-corrected chi connectivity index (χ3v) is 7.56. The summed E-state index contributed by atoms with van der Waals surface area (Å²) in [7, 11) is 1.48. The number of aromatic nitrogens is 1. The largest absolute Gasteiger partial charge is 0.494 e. The predicted octanol–water partition coefficient (Wildman–Crippen LogP) is 3.56. The Kier molecular flexibility index (Phi) is 5.77. The van der Waals surface area contributed by atoms with Crippen LogP contribution in [-0.4, -0.2) is 41.7 Å². The Morgan fingerprint density at radius 3 is 2.58 bits per heavy atom. The van der Waals surface area contributed by atoms with Crippen molar-refractivity contribution in [3.8, 4) is 11.8 Å². The van der Waals surface area contributed by atoms with Gasteiger partial charge in [-0.2, -0.15) is 5.26 Å². The number of nitrogens with zero attached hydrogens (tertiary/aromatic N) is 4. The van der Waals surface area contributed by atoms with Crippen LogP contribution in [0.5, 0.6) is 5.75 Å². The number of nitrogens with one attached hydrogen (secondary N) is 1. The highest BCUT2D eigenvalue weighted by atomic mass is 32.1. The van der Waals surface area contributed by atoms with E-state index in [0.717, 1.165) is 50.4 Å². The fourth-order valence-corrected chi connectivity index (χ4v) is 5.67. The molecule has 3 fully saturated rings. The molecule has 5 rings (SSSR count). The summed E-state index contributed by atoms with van der Waals surface area (Å²) < 4.78 is 5.30. The van der Waals surface area contributed by atoms with E-state index in [0.29, 0.717) is 16.5 Å². The minimum atomic E-state index is -0.644. The summed E-state index contributed by atoms with van der Waals surface area (Å²) in [4.78, 5) is 21.4. The van der Waals surface area contributed by atoms with Gasteiger partial charge in [0.15, 0.2) is 16.6 Å². The van der Waals surface area contributed by atoms with Gasteiger partial charge in [0, 0.05) is 11.8 Å². The van der Waals surface area contributed by atoms with Gasteiger partial charge in [-0.1, -0.05) is 12.1 Å². The van der Waals surface area contributed by atoms with E-state index in [2.05, 4.69) is 34.6 Å². The van der Waals surface area contributed by atoms with E-state index in [1.165, 1.54) is 31.7 Å². The molecule has 1 amide bonds. The maximum absolute atomic E-state index is 13.6. The van der Waals surface area contributed by atoms with Crippen LogP contribution in [0, 0.1) is 17.2 Å². The summed E-state index contributed by atoms with van der Waals surface area (Å²) in [6.07, 6.45) is 7.55. The number of methoxy groups -OCH3 is 1. The van der Waals surface area contributed by atoms with E-state index < -0.39 is 5.54 Å². The lowest BCUT2D eigenvalue weighted by Crippen LogP contribution is -2.55. The Morgan fingerprint density at radius 1 is 1.24 bits per heavy atom. The van der Waals surface area contributed by atoms with Gasteiger partial charge in [0.1, 0.15) is 11.6 Å². The van der Waals surface area contributed by atoms with Gasteiger partial charge in [0.2, 0.25) is 0 Å². The molecule has 0 atom stereocenters. The van der Waals surface area contributed by atoms with Crippen LogP contribution in [-0.2, 0) is 11.2 Å². The summed E-state index contributed by atoms with van der Waals surface area (Å²) in [6, 6.07) is 12.2.